The maximum absolute atomic E-state index is 14.5. The molecule has 1 nitrogen and oxygen atoms in total. The maximum atomic E-state index is 14.5. The molecule has 1 aromatic rings. The average Bonchev–Trinajstić information content (AvgIpc) is 2.70. The van der Waals surface area contributed by atoms with E-state index in [4.69, 9.17) is 0 Å². The minimum atomic E-state index is -4.59. The lowest BCUT2D eigenvalue weighted by molar-refractivity contribution is -0.153. The highest BCUT2D eigenvalue weighted by Crippen LogP contribution is 2.45. The van der Waals surface area contributed by atoms with Gasteiger partial charge in [0.25, 0.3) is 0 Å². The van der Waals surface area contributed by atoms with E-state index in [1.807, 2.05) is 0 Å². The Kier molecular flexibility index (Phi) is 7.23. The number of benzene rings is 1. The van der Waals surface area contributed by atoms with Crippen LogP contribution in [-0.2, 0) is 0 Å². The first kappa shape index (κ1) is 22.1. The van der Waals surface area contributed by atoms with Crippen LogP contribution in [0.3, 0.4) is 0 Å². The van der Waals surface area contributed by atoms with E-state index in [0.29, 0.717) is 11.8 Å². The van der Waals surface area contributed by atoms with Gasteiger partial charge >= 0.3 is 6.18 Å². The van der Waals surface area contributed by atoms with Crippen LogP contribution < -0.4 is 4.74 Å². The molecule has 0 spiro atoms. The molecule has 3 rings (SSSR count). The van der Waals surface area contributed by atoms with Crippen molar-refractivity contribution >= 4 is 0 Å². The third kappa shape index (κ3) is 5.73. The molecule has 1 aromatic carbocycles. The summed E-state index contributed by atoms with van der Waals surface area (Å²) >= 11 is 0. The summed E-state index contributed by atoms with van der Waals surface area (Å²) in [5.74, 6) is -1.11. The zero-order chi connectivity index (χ0) is 21.0. The van der Waals surface area contributed by atoms with Gasteiger partial charge in [-0.15, -0.1) is 0 Å². The summed E-state index contributed by atoms with van der Waals surface area (Å²) in [6.07, 6.45) is 8.34. The second kappa shape index (κ2) is 9.48. The van der Waals surface area contributed by atoms with Crippen molar-refractivity contribution < 1.29 is 26.7 Å². The van der Waals surface area contributed by atoms with Gasteiger partial charge in [0.05, 0.1) is 0 Å². The Hall–Kier alpha value is -1.59. The molecule has 0 radical (unpaired) electrons. The highest BCUT2D eigenvalue weighted by molar-refractivity contribution is 5.33. The molecule has 0 aromatic heterocycles. The van der Waals surface area contributed by atoms with Gasteiger partial charge < -0.3 is 4.74 Å². The van der Waals surface area contributed by atoms with E-state index in [1.54, 1.807) is 0 Å². The predicted molar refractivity (Wildman–Crippen MR) is 103 cm³/mol. The van der Waals surface area contributed by atoms with Gasteiger partial charge in [-0.3, -0.25) is 0 Å². The number of rotatable bonds is 5. The Morgan fingerprint density at radius 3 is 2.03 bits per heavy atom. The minimum absolute atomic E-state index is 0.0863. The molecule has 6 heteroatoms. The van der Waals surface area contributed by atoms with Crippen LogP contribution in [0.4, 0.5) is 22.0 Å². The Balaban J connectivity index is 1.56. The van der Waals surface area contributed by atoms with Gasteiger partial charge in [-0.1, -0.05) is 18.2 Å². The molecule has 0 amide bonds. The van der Waals surface area contributed by atoms with Crippen molar-refractivity contribution in [3.05, 3.63) is 41.5 Å². The molecule has 0 bridgehead atoms. The average molecular weight is 416 g/mol. The van der Waals surface area contributed by atoms with Crippen LogP contribution >= 0.6 is 0 Å². The largest absolute Gasteiger partial charge is 0.481 e. The molecular weight excluding hydrogens is 387 g/mol. The van der Waals surface area contributed by atoms with Crippen LogP contribution in [0.5, 0.6) is 5.75 Å². The Bertz CT molecular complexity index is 696. The highest BCUT2D eigenvalue weighted by Gasteiger charge is 2.33. The highest BCUT2D eigenvalue weighted by atomic mass is 19.4. The molecule has 2 fully saturated rings. The summed E-state index contributed by atoms with van der Waals surface area (Å²) in [6.45, 7) is 0.425. The second-order valence-corrected chi connectivity index (χ2v) is 8.50. The first-order chi connectivity index (χ1) is 13.8. The van der Waals surface area contributed by atoms with Crippen molar-refractivity contribution in [2.24, 2.45) is 17.8 Å². The van der Waals surface area contributed by atoms with Crippen molar-refractivity contribution in [1.82, 2.24) is 0 Å². The SMILES string of the molecule is CC=CC1CCC(C2CCC(c3ccc(OCC(F)(F)F)c(F)c3F)CC2)CC1. The van der Waals surface area contributed by atoms with Crippen LogP contribution in [-0.4, -0.2) is 12.8 Å². The molecule has 2 aliphatic carbocycles. The van der Waals surface area contributed by atoms with E-state index in [-0.39, 0.29) is 11.5 Å². The fourth-order valence-corrected chi connectivity index (χ4v) is 5.12. The monoisotopic (exact) mass is 416 g/mol. The molecule has 162 valence electrons. The maximum Gasteiger partial charge on any atom is 0.422 e. The second-order valence-electron chi connectivity index (χ2n) is 8.50. The third-order valence-electron chi connectivity index (χ3n) is 6.63. The molecule has 0 unspecified atom stereocenters. The van der Waals surface area contributed by atoms with Crippen molar-refractivity contribution in [2.45, 2.75) is 70.4 Å². The molecule has 0 N–H and O–H groups in total. The molecule has 2 aliphatic rings. The van der Waals surface area contributed by atoms with Crippen LogP contribution in [0.25, 0.3) is 0 Å². The van der Waals surface area contributed by atoms with Crippen LogP contribution in [0.2, 0.25) is 0 Å². The van der Waals surface area contributed by atoms with E-state index in [9.17, 15) is 22.0 Å². The van der Waals surface area contributed by atoms with Crippen molar-refractivity contribution in [2.75, 3.05) is 6.61 Å². The fraction of sp³-hybridized carbons (Fsp3) is 0.652. The molecule has 2 saturated carbocycles. The fourth-order valence-electron chi connectivity index (χ4n) is 5.12. The van der Waals surface area contributed by atoms with E-state index < -0.39 is 30.2 Å². The summed E-state index contributed by atoms with van der Waals surface area (Å²) in [6, 6.07) is 2.51. The van der Waals surface area contributed by atoms with Crippen LogP contribution in [0.15, 0.2) is 24.3 Å². The van der Waals surface area contributed by atoms with Gasteiger partial charge in [-0.05, 0) is 93.6 Å². The number of allylic oxidation sites excluding steroid dienone is 2. The lowest BCUT2D eigenvalue weighted by Gasteiger charge is -2.37. The summed E-state index contributed by atoms with van der Waals surface area (Å²) in [7, 11) is 0. The zero-order valence-corrected chi connectivity index (χ0v) is 16.8. The number of ether oxygens (including phenoxy) is 1. The van der Waals surface area contributed by atoms with E-state index in [1.165, 1.54) is 31.7 Å². The molecule has 0 heterocycles. The minimum Gasteiger partial charge on any atom is -0.481 e. The van der Waals surface area contributed by atoms with Gasteiger partial charge in [-0.2, -0.15) is 17.6 Å². The van der Waals surface area contributed by atoms with Crippen molar-refractivity contribution in [3.8, 4) is 5.75 Å². The molecule has 0 saturated heterocycles. The van der Waals surface area contributed by atoms with Crippen LogP contribution in [0, 0.1) is 29.4 Å². The zero-order valence-electron chi connectivity index (χ0n) is 16.8. The van der Waals surface area contributed by atoms with Gasteiger partial charge in [0.15, 0.2) is 18.2 Å². The summed E-state index contributed by atoms with van der Waals surface area (Å²) in [4.78, 5) is 0. The summed E-state index contributed by atoms with van der Waals surface area (Å²) in [5.41, 5.74) is 0.261. The molecule has 0 atom stereocenters. The normalized spacial score (nSPS) is 28.6. The Morgan fingerprint density at radius 2 is 1.48 bits per heavy atom. The predicted octanol–water partition coefficient (Wildman–Crippen LogP) is 7.56. The van der Waals surface area contributed by atoms with Gasteiger partial charge in [0, 0.05) is 0 Å². The van der Waals surface area contributed by atoms with Gasteiger partial charge in [-0.25, -0.2) is 4.39 Å². The first-order valence-corrected chi connectivity index (χ1v) is 10.6. The Labute approximate surface area is 169 Å². The van der Waals surface area contributed by atoms with Crippen molar-refractivity contribution in [1.29, 1.82) is 0 Å². The lowest BCUT2D eigenvalue weighted by atomic mass is 9.68. The number of hydrogen-bond donors (Lipinski definition) is 0. The summed E-state index contributed by atoms with van der Waals surface area (Å²) < 4.78 is 69.8. The van der Waals surface area contributed by atoms with E-state index >= 15 is 0 Å². The first-order valence-electron chi connectivity index (χ1n) is 10.6. The van der Waals surface area contributed by atoms with E-state index in [0.717, 1.165) is 37.7 Å². The number of hydrogen-bond acceptors (Lipinski definition) is 1. The molecule has 0 aliphatic heterocycles. The van der Waals surface area contributed by atoms with Gasteiger partial charge in [0.2, 0.25) is 5.82 Å². The van der Waals surface area contributed by atoms with Crippen LogP contribution in [0.1, 0.15) is 69.8 Å². The van der Waals surface area contributed by atoms with Crippen molar-refractivity contribution in [3.63, 3.8) is 0 Å². The Morgan fingerprint density at radius 1 is 0.897 bits per heavy atom. The smallest absolute Gasteiger partial charge is 0.422 e. The lowest BCUT2D eigenvalue weighted by Crippen LogP contribution is -2.25. The van der Waals surface area contributed by atoms with E-state index in [2.05, 4.69) is 23.8 Å². The quantitative estimate of drug-likeness (QED) is 0.355. The molecular formula is C23H29F5O. The third-order valence-corrected chi connectivity index (χ3v) is 6.63. The summed E-state index contributed by atoms with van der Waals surface area (Å²) in [5, 5.41) is 0. The molecule has 29 heavy (non-hydrogen) atoms. The standard InChI is InChI=1S/C23H29F5O/c1-2-3-15-4-6-16(7-5-15)17-8-10-18(11-9-17)19-12-13-20(22(25)21(19)24)29-14-23(26,27)28/h2-3,12-13,15-18H,4-11,14H2,1H3. The van der Waals surface area contributed by atoms with Gasteiger partial charge in [0.1, 0.15) is 0 Å². The number of alkyl halides is 3. The number of halogens is 5. The topological polar surface area (TPSA) is 9.23 Å².